The third-order valence-corrected chi connectivity index (χ3v) is 5.50. The van der Waals surface area contributed by atoms with Gasteiger partial charge in [-0.2, -0.15) is 0 Å². The van der Waals surface area contributed by atoms with Gasteiger partial charge in [-0.25, -0.2) is 9.59 Å². The number of carbonyl (C=O) groups is 4. The van der Waals surface area contributed by atoms with Gasteiger partial charge in [-0.05, 0) is 5.56 Å². The topological polar surface area (TPSA) is 123 Å². The van der Waals surface area contributed by atoms with Gasteiger partial charge in [0.25, 0.3) is 0 Å². The number of ether oxygens (including phenoxy) is 1. The number of piperazine rings is 2. The van der Waals surface area contributed by atoms with Crippen molar-refractivity contribution in [2.45, 2.75) is 6.61 Å². The number of carboxylic acids is 1. The highest BCUT2D eigenvalue weighted by Gasteiger charge is 2.26. The Morgan fingerprint density at radius 1 is 0.844 bits per heavy atom. The number of urea groups is 1. The molecule has 3 rings (SSSR count). The summed E-state index contributed by atoms with van der Waals surface area (Å²) >= 11 is 0. The first-order valence-corrected chi connectivity index (χ1v) is 10.6. The van der Waals surface area contributed by atoms with Gasteiger partial charge < -0.3 is 29.9 Å². The van der Waals surface area contributed by atoms with Crippen LogP contribution in [0.2, 0.25) is 0 Å². The zero-order chi connectivity index (χ0) is 22.9. The number of aliphatic carboxylic acids is 1. The smallest absolute Gasteiger partial charge is 0.410 e. The molecule has 0 bridgehead atoms. The van der Waals surface area contributed by atoms with E-state index < -0.39 is 12.1 Å². The van der Waals surface area contributed by atoms with Crippen LogP contribution in [0.4, 0.5) is 9.59 Å². The second-order valence-corrected chi connectivity index (χ2v) is 7.72. The van der Waals surface area contributed by atoms with Crippen molar-refractivity contribution in [3.05, 3.63) is 35.9 Å². The summed E-state index contributed by atoms with van der Waals surface area (Å²) in [6.45, 7) is 3.35. The Bertz CT molecular complexity index is 804. The highest BCUT2D eigenvalue weighted by molar-refractivity contribution is 5.84. The van der Waals surface area contributed by atoms with E-state index in [1.54, 1.807) is 19.6 Å². The van der Waals surface area contributed by atoms with Crippen molar-refractivity contribution in [3.63, 3.8) is 0 Å². The number of hydrogen-bond acceptors (Lipinski definition) is 6. The second-order valence-electron chi connectivity index (χ2n) is 7.72. The van der Waals surface area contributed by atoms with Gasteiger partial charge in [0.05, 0.1) is 13.1 Å². The molecule has 2 fully saturated rings. The van der Waals surface area contributed by atoms with Crippen LogP contribution in [-0.2, 0) is 20.9 Å². The maximum absolute atomic E-state index is 12.4. The maximum Gasteiger partial charge on any atom is 0.410 e. The standard InChI is InChI=1S/C21H29N5O6/c27-18(24-8-6-23(7-9-24)15-19(28)29)14-22-20(30)25-10-12-26(13-11-25)21(31)32-16-17-4-2-1-3-5-17/h1-5H,6-16H2,(H,22,30)(H,28,29). The molecule has 0 saturated carbocycles. The Kier molecular flexibility index (Phi) is 8.26. The fourth-order valence-corrected chi connectivity index (χ4v) is 3.62. The number of benzene rings is 1. The van der Waals surface area contributed by atoms with E-state index in [4.69, 9.17) is 9.84 Å². The monoisotopic (exact) mass is 447 g/mol. The summed E-state index contributed by atoms with van der Waals surface area (Å²) in [6.07, 6.45) is -0.411. The summed E-state index contributed by atoms with van der Waals surface area (Å²) in [5.41, 5.74) is 0.909. The highest BCUT2D eigenvalue weighted by atomic mass is 16.6. The van der Waals surface area contributed by atoms with Gasteiger partial charge in [0.15, 0.2) is 0 Å². The lowest BCUT2D eigenvalue weighted by Crippen LogP contribution is -2.55. The zero-order valence-electron chi connectivity index (χ0n) is 17.9. The summed E-state index contributed by atoms with van der Waals surface area (Å²) in [7, 11) is 0. The first-order chi connectivity index (χ1) is 15.4. The molecule has 1 aromatic rings. The lowest BCUT2D eigenvalue weighted by atomic mass is 10.2. The van der Waals surface area contributed by atoms with Gasteiger partial charge in [-0.15, -0.1) is 0 Å². The summed E-state index contributed by atoms with van der Waals surface area (Å²) in [5, 5.41) is 11.5. The summed E-state index contributed by atoms with van der Waals surface area (Å²) in [5.74, 6) is -1.09. The van der Waals surface area contributed by atoms with Crippen molar-refractivity contribution in [1.82, 2.24) is 24.9 Å². The molecule has 4 amide bonds. The Morgan fingerprint density at radius 3 is 2.06 bits per heavy atom. The van der Waals surface area contributed by atoms with Crippen molar-refractivity contribution in [1.29, 1.82) is 0 Å². The average molecular weight is 447 g/mol. The predicted molar refractivity (Wildman–Crippen MR) is 114 cm³/mol. The van der Waals surface area contributed by atoms with E-state index in [1.165, 1.54) is 0 Å². The Balaban J connectivity index is 1.32. The van der Waals surface area contributed by atoms with Gasteiger partial charge in [0.1, 0.15) is 6.61 Å². The van der Waals surface area contributed by atoms with Crippen LogP contribution in [0.15, 0.2) is 30.3 Å². The number of nitrogens with zero attached hydrogens (tertiary/aromatic N) is 4. The van der Waals surface area contributed by atoms with Crippen LogP contribution in [0.25, 0.3) is 0 Å². The van der Waals surface area contributed by atoms with Crippen molar-refractivity contribution in [2.75, 3.05) is 65.4 Å². The van der Waals surface area contributed by atoms with Gasteiger partial charge in [-0.1, -0.05) is 30.3 Å². The van der Waals surface area contributed by atoms with Crippen molar-refractivity contribution >= 4 is 24.0 Å². The van der Waals surface area contributed by atoms with Crippen LogP contribution in [0, 0.1) is 0 Å². The molecule has 2 aliphatic rings. The molecule has 0 unspecified atom stereocenters. The number of amides is 4. The second kappa shape index (κ2) is 11.3. The van der Waals surface area contributed by atoms with Crippen LogP contribution in [0.1, 0.15) is 5.56 Å². The van der Waals surface area contributed by atoms with Crippen molar-refractivity contribution in [3.8, 4) is 0 Å². The lowest BCUT2D eigenvalue weighted by Gasteiger charge is -2.35. The molecule has 174 valence electrons. The number of carbonyl (C=O) groups excluding carboxylic acids is 3. The van der Waals surface area contributed by atoms with E-state index in [0.29, 0.717) is 52.4 Å². The molecule has 0 aliphatic carbocycles. The Labute approximate surface area is 186 Å². The molecule has 0 atom stereocenters. The van der Waals surface area contributed by atoms with Gasteiger partial charge in [0.2, 0.25) is 5.91 Å². The normalized spacial score (nSPS) is 17.1. The highest BCUT2D eigenvalue weighted by Crippen LogP contribution is 2.07. The molecule has 11 nitrogen and oxygen atoms in total. The van der Waals surface area contributed by atoms with Crippen LogP contribution in [0.5, 0.6) is 0 Å². The largest absolute Gasteiger partial charge is 0.480 e. The molecular formula is C21H29N5O6. The SMILES string of the molecule is O=C(O)CN1CCN(C(=O)CNC(=O)N2CCN(C(=O)OCc3ccccc3)CC2)CC1. The van der Waals surface area contributed by atoms with Gasteiger partial charge in [0, 0.05) is 52.4 Å². The Hall–Kier alpha value is -3.34. The van der Waals surface area contributed by atoms with Crippen molar-refractivity contribution < 1.29 is 29.0 Å². The van der Waals surface area contributed by atoms with Crippen LogP contribution in [0.3, 0.4) is 0 Å². The lowest BCUT2D eigenvalue weighted by molar-refractivity contribution is -0.139. The first kappa shape index (κ1) is 23.3. The third kappa shape index (κ3) is 6.84. The molecule has 2 saturated heterocycles. The molecule has 0 aromatic heterocycles. The van der Waals surface area contributed by atoms with Gasteiger partial charge >= 0.3 is 18.1 Å². The predicted octanol–water partition coefficient (Wildman–Crippen LogP) is -0.121. The molecule has 2 aliphatic heterocycles. The minimum atomic E-state index is -0.887. The molecule has 0 spiro atoms. The summed E-state index contributed by atoms with van der Waals surface area (Å²) < 4.78 is 5.32. The van der Waals surface area contributed by atoms with Crippen LogP contribution in [-0.4, -0.2) is 114 Å². The maximum atomic E-state index is 12.4. The molecule has 2 N–H and O–H groups in total. The summed E-state index contributed by atoms with van der Waals surface area (Å²) in [4.78, 5) is 54.2. The van der Waals surface area contributed by atoms with E-state index >= 15 is 0 Å². The number of hydrogen-bond donors (Lipinski definition) is 2. The molecule has 1 aromatic carbocycles. The number of rotatable bonds is 6. The third-order valence-electron chi connectivity index (χ3n) is 5.50. The molecule has 11 heteroatoms. The number of carboxylic acid groups (broad SMARTS) is 1. The van der Waals surface area contributed by atoms with E-state index in [0.717, 1.165) is 5.56 Å². The van der Waals surface area contributed by atoms with E-state index in [1.807, 2.05) is 30.3 Å². The summed E-state index contributed by atoms with van der Waals surface area (Å²) in [6, 6.07) is 9.07. The quantitative estimate of drug-likeness (QED) is 0.623. The zero-order valence-corrected chi connectivity index (χ0v) is 17.9. The molecule has 32 heavy (non-hydrogen) atoms. The molecule has 2 heterocycles. The van der Waals surface area contributed by atoms with E-state index in [9.17, 15) is 19.2 Å². The number of nitrogens with one attached hydrogen (secondary N) is 1. The Morgan fingerprint density at radius 2 is 1.44 bits per heavy atom. The average Bonchev–Trinajstić information content (AvgIpc) is 2.81. The van der Waals surface area contributed by atoms with Crippen molar-refractivity contribution in [2.24, 2.45) is 0 Å². The van der Waals surface area contributed by atoms with Crippen LogP contribution < -0.4 is 5.32 Å². The van der Waals surface area contributed by atoms with E-state index in [2.05, 4.69) is 5.32 Å². The fourth-order valence-electron chi connectivity index (χ4n) is 3.62. The van der Waals surface area contributed by atoms with Gasteiger partial charge in [-0.3, -0.25) is 14.5 Å². The minimum absolute atomic E-state index is 0.0372. The van der Waals surface area contributed by atoms with E-state index in [-0.39, 0.29) is 31.6 Å². The molecular weight excluding hydrogens is 418 g/mol. The first-order valence-electron chi connectivity index (χ1n) is 10.6. The molecule has 0 radical (unpaired) electrons. The van der Waals surface area contributed by atoms with Crippen LogP contribution >= 0.6 is 0 Å². The fraction of sp³-hybridized carbons (Fsp3) is 0.524. The minimum Gasteiger partial charge on any atom is -0.480 e.